The molecule has 0 bridgehead atoms. The minimum Gasteiger partial charge on any atom is -0.394 e. The Labute approximate surface area is 503 Å². The summed E-state index contributed by atoms with van der Waals surface area (Å²) >= 11 is 0. The minimum absolute atomic E-state index is 0.0549. The minimum atomic E-state index is -0.940. The molecule has 12 saturated heterocycles. The molecule has 0 aromatic heterocycles. The van der Waals surface area contributed by atoms with Crippen molar-refractivity contribution in [2.75, 3.05) is 66.1 Å². The maximum absolute atomic E-state index is 9.48. The van der Waals surface area contributed by atoms with E-state index in [9.17, 15) is 10.2 Å². The van der Waals surface area contributed by atoms with Gasteiger partial charge in [0.1, 0.15) is 12.2 Å². The van der Waals surface area contributed by atoms with Crippen LogP contribution in [0.4, 0.5) is 0 Å². The molecule has 0 aliphatic carbocycles. The number of ether oxygens (including phenoxy) is 16. The van der Waals surface area contributed by atoms with Gasteiger partial charge in [-0.25, -0.2) is 0 Å². The monoisotopic (exact) mass is 1200 g/mol. The predicted molar refractivity (Wildman–Crippen MR) is 309 cm³/mol. The summed E-state index contributed by atoms with van der Waals surface area (Å²) in [4.78, 5) is 0. The van der Waals surface area contributed by atoms with Gasteiger partial charge >= 0.3 is 0 Å². The molecule has 0 aromatic rings. The summed E-state index contributed by atoms with van der Waals surface area (Å²) in [5.74, 6) is -5.89. The van der Waals surface area contributed by atoms with Gasteiger partial charge in [0.25, 0.3) is 0 Å². The highest BCUT2D eigenvalue weighted by atomic mass is 16.8. The van der Waals surface area contributed by atoms with Crippen LogP contribution in [-0.2, 0) is 75.8 Å². The number of fused-ring (bicyclic) bond motifs is 4. The molecular weight excluding hydrogens is 1090 g/mol. The van der Waals surface area contributed by atoms with E-state index in [1.54, 1.807) is 13.8 Å². The van der Waals surface area contributed by atoms with Crippen LogP contribution in [0.3, 0.4) is 0 Å². The summed E-state index contributed by atoms with van der Waals surface area (Å²) in [6.07, 6.45) is 26.1. The smallest absolute Gasteiger partial charge is 0.224 e. The predicted octanol–water partition coefficient (Wildman–Crippen LogP) is 9.67. The molecule has 0 aromatic carbocycles. The van der Waals surface area contributed by atoms with Crippen LogP contribution in [0.1, 0.15) is 235 Å². The van der Waals surface area contributed by atoms with Gasteiger partial charge in [-0.05, 0) is 156 Å². The van der Waals surface area contributed by atoms with E-state index in [1.165, 1.54) is 0 Å². The molecule has 20 nitrogen and oxygen atoms in total. The van der Waals surface area contributed by atoms with E-state index < -0.39 is 70.7 Å². The first-order valence-corrected chi connectivity index (χ1v) is 33.7. The van der Waals surface area contributed by atoms with Gasteiger partial charge in [-0.15, -0.1) is 0 Å². The molecule has 12 rings (SSSR count). The van der Waals surface area contributed by atoms with Gasteiger partial charge in [-0.2, -0.15) is 0 Å². The van der Waals surface area contributed by atoms with Crippen LogP contribution in [0.5, 0.6) is 0 Å². The lowest BCUT2D eigenvalue weighted by Crippen LogP contribution is -2.70. The third-order valence-corrected chi connectivity index (χ3v) is 19.6. The van der Waals surface area contributed by atoms with Crippen LogP contribution in [0.2, 0.25) is 0 Å². The van der Waals surface area contributed by atoms with Crippen molar-refractivity contribution in [3.63, 3.8) is 0 Å². The van der Waals surface area contributed by atoms with Gasteiger partial charge < -0.3 is 96.2 Å². The largest absolute Gasteiger partial charge is 0.394 e. The standard InChI is InChI=1S/2C16H28O4.C14H24O6.C14H24O4.C4H10O2/c2*1-3-13-14(4-2)20-16(10-6-8-12-18-16)15(19-13)9-5-7-11-17-15;15-9-11-12(10-16)20-14(6-2-4-8-18-14)13(19-11)5-1-3-7-17-13;1-11-12(2)18-14(8-4-6-10-16-14)13(17-11)7-3-5-9-15-13;1-3(5)4(2)6/h2*13-14H,3-12H2,1-2H3;11-12,15-16H,1-10H2;11-12H,3-10H2,1-2H3;3-6H,1-2H3/t2*13-,14-,15+,16?;2*11-,12-,13+,14?;3-,4-/m00000/s1. The van der Waals surface area contributed by atoms with Crippen molar-refractivity contribution >= 4 is 0 Å². The Bertz CT molecular complexity index is 1570. The highest BCUT2D eigenvalue weighted by Gasteiger charge is 2.67. The zero-order valence-corrected chi connectivity index (χ0v) is 53.0. The van der Waals surface area contributed by atoms with Crippen LogP contribution < -0.4 is 0 Å². The lowest BCUT2D eigenvalue weighted by Gasteiger charge is -2.58. The fourth-order valence-corrected chi connectivity index (χ4v) is 14.4. The molecule has 0 radical (unpaired) electrons. The topological polar surface area (TPSA) is 229 Å². The molecule has 4 N–H and O–H groups in total. The molecular formula is C64H114O20. The first-order valence-electron chi connectivity index (χ1n) is 33.7. The molecule has 0 saturated carbocycles. The summed E-state index contributed by atoms with van der Waals surface area (Å²) in [7, 11) is 0. The van der Waals surface area contributed by atoms with Crippen molar-refractivity contribution in [1.82, 2.24) is 0 Å². The van der Waals surface area contributed by atoms with Gasteiger partial charge in [0.05, 0.1) is 115 Å². The maximum Gasteiger partial charge on any atom is 0.224 e. The number of hydrogen-bond donors (Lipinski definition) is 4. The third kappa shape index (κ3) is 14.9. The fourth-order valence-electron chi connectivity index (χ4n) is 14.4. The summed E-state index contributed by atoms with van der Waals surface area (Å²) in [5, 5.41) is 35.7. The Morgan fingerprint density at radius 2 is 0.452 bits per heavy atom. The maximum atomic E-state index is 9.48. The van der Waals surface area contributed by atoms with Gasteiger partial charge in [0.2, 0.25) is 46.3 Å². The summed E-state index contributed by atoms with van der Waals surface area (Å²) in [5.41, 5.74) is 0. The zero-order valence-electron chi connectivity index (χ0n) is 53.0. The van der Waals surface area contributed by atoms with Crippen LogP contribution in [0, 0.1) is 0 Å². The van der Waals surface area contributed by atoms with Crippen molar-refractivity contribution in [3.05, 3.63) is 0 Å². The fraction of sp³-hybridized carbons (Fsp3) is 1.00. The van der Waals surface area contributed by atoms with Gasteiger partial charge in [-0.3, -0.25) is 0 Å². The molecule has 20 heteroatoms. The second-order valence-electron chi connectivity index (χ2n) is 25.5. The number of aliphatic hydroxyl groups excluding tert-OH is 4. The van der Waals surface area contributed by atoms with Crippen LogP contribution in [-0.4, -0.2) is 194 Å². The lowest BCUT2D eigenvalue weighted by atomic mass is 9.87. The average molecular weight is 1200 g/mol. The molecule has 12 fully saturated rings. The van der Waals surface area contributed by atoms with Gasteiger partial charge in [0.15, 0.2) is 0 Å². The van der Waals surface area contributed by atoms with Crippen molar-refractivity contribution in [2.45, 2.75) is 343 Å². The van der Waals surface area contributed by atoms with E-state index in [4.69, 9.17) is 86.0 Å². The van der Waals surface area contributed by atoms with E-state index >= 15 is 0 Å². The van der Waals surface area contributed by atoms with E-state index in [-0.39, 0.29) is 49.8 Å². The Morgan fingerprint density at radius 3 is 0.583 bits per heavy atom. The van der Waals surface area contributed by atoms with E-state index in [1.807, 2.05) is 0 Å². The molecule has 12 heterocycles. The molecule has 12 aliphatic rings. The third-order valence-electron chi connectivity index (χ3n) is 19.6. The van der Waals surface area contributed by atoms with Gasteiger partial charge in [-0.1, -0.05) is 27.7 Å². The molecule has 0 amide bonds. The van der Waals surface area contributed by atoms with Crippen LogP contribution >= 0.6 is 0 Å². The Morgan fingerprint density at radius 1 is 0.286 bits per heavy atom. The lowest BCUT2D eigenvalue weighted by molar-refractivity contribution is -0.483. The number of aliphatic hydroxyl groups is 4. The van der Waals surface area contributed by atoms with E-state index in [0.717, 1.165) is 207 Å². The first-order chi connectivity index (χ1) is 40.6. The average Bonchev–Trinajstić information content (AvgIpc) is 1.15. The second kappa shape index (κ2) is 31.5. The van der Waals surface area contributed by atoms with Crippen molar-refractivity contribution in [3.8, 4) is 0 Å². The zero-order chi connectivity index (χ0) is 60.0. The van der Waals surface area contributed by atoms with E-state index in [2.05, 4.69) is 41.5 Å². The summed E-state index contributed by atoms with van der Waals surface area (Å²) in [6.45, 7) is 21.2. The highest BCUT2D eigenvalue weighted by molar-refractivity contribution is 5.02. The highest BCUT2D eigenvalue weighted by Crippen LogP contribution is 2.54. The Balaban J connectivity index is 0.000000141. The Hall–Kier alpha value is -0.800. The summed E-state index contributed by atoms with van der Waals surface area (Å²) < 4.78 is 99.2. The van der Waals surface area contributed by atoms with Crippen molar-refractivity contribution in [1.29, 1.82) is 0 Å². The van der Waals surface area contributed by atoms with Gasteiger partial charge in [0, 0.05) is 51.4 Å². The molecule has 84 heavy (non-hydrogen) atoms. The molecule has 4 unspecified atom stereocenters. The number of rotatable bonds is 7. The van der Waals surface area contributed by atoms with Crippen LogP contribution in [0.15, 0.2) is 0 Å². The van der Waals surface area contributed by atoms with Crippen molar-refractivity contribution in [2.24, 2.45) is 0 Å². The molecule has 8 spiro atoms. The molecule has 12 aliphatic heterocycles. The quantitative estimate of drug-likeness (QED) is 0.186. The second-order valence-corrected chi connectivity index (χ2v) is 25.5. The van der Waals surface area contributed by atoms with Crippen molar-refractivity contribution < 1.29 is 96.2 Å². The summed E-state index contributed by atoms with van der Waals surface area (Å²) in [6, 6.07) is 0. The normalized spacial score (nSPS) is 44.9. The first kappa shape index (κ1) is 69.1. The SMILES string of the molecule is CC[C@@H]1OC2(CCCCO2)[C@@]2(CCCCO2)O[C@H]1CC.CC[C@@H]1OC2(CCCCO2)[C@@]2(CCCCO2)O[C@H]1CC.C[C@@H]1OC2(CCCCO2)[C@@]2(CCCCO2)O[C@H]1C.C[C@H](O)[C@H](C)O.OC[C@@H]1OC2(CCCCO2)[C@@]2(CCCCO2)O[C@H]1CO. The van der Waals surface area contributed by atoms with Crippen LogP contribution in [0.25, 0.3) is 0 Å². The van der Waals surface area contributed by atoms with E-state index in [0.29, 0.717) is 26.1 Å². The number of hydrogen-bond acceptors (Lipinski definition) is 20. The molecule has 490 valence electrons. The Kier molecular flexibility index (Phi) is 25.9. The molecule has 18 atom stereocenters.